The smallest absolute Gasteiger partial charge is 0.315 e. The molecule has 0 bridgehead atoms. The fourth-order valence-corrected chi connectivity index (χ4v) is 1.34. The number of carbonyl (C=O) groups excluding carboxylic acids is 1. The van der Waals surface area contributed by atoms with Crippen LogP contribution in [0.25, 0.3) is 5.57 Å². The second-order valence-corrected chi connectivity index (χ2v) is 3.90. The van der Waals surface area contributed by atoms with Gasteiger partial charge in [0.1, 0.15) is 0 Å². The summed E-state index contributed by atoms with van der Waals surface area (Å²) in [5.74, 6) is -0.330. The molecule has 0 aliphatic carbocycles. The maximum Gasteiger partial charge on any atom is 0.315 e. The lowest BCUT2D eigenvalue weighted by molar-refractivity contribution is -0.147. The molecule has 0 saturated carbocycles. The Balaban J connectivity index is 3.00. The minimum Gasteiger partial charge on any atom is -0.468 e. The Labute approximate surface area is 90.6 Å². The van der Waals surface area contributed by atoms with E-state index < -0.39 is 5.41 Å². The molecule has 0 N–H and O–H groups in total. The molecular weight excluding hydrogens is 188 g/mol. The van der Waals surface area contributed by atoms with Crippen molar-refractivity contribution in [1.29, 1.82) is 0 Å². The summed E-state index contributed by atoms with van der Waals surface area (Å²) in [6, 6.07) is 9.42. The van der Waals surface area contributed by atoms with Gasteiger partial charge in [0.15, 0.2) is 0 Å². The third kappa shape index (κ3) is 2.27. The first-order valence-corrected chi connectivity index (χ1v) is 4.77. The van der Waals surface area contributed by atoms with Gasteiger partial charge in [0.05, 0.1) is 12.5 Å². The number of benzene rings is 1. The average molecular weight is 203 g/mol. The van der Waals surface area contributed by atoms with Crippen LogP contribution in [0.2, 0.25) is 0 Å². The second kappa shape index (κ2) is 4.30. The number of esters is 1. The number of hydrogen-bond acceptors (Lipinski definition) is 2. The molecule has 79 valence electrons. The standard InChI is InChI=1S/C13H15O2/c1-10(11-8-6-5-7-9-11)13(2,3)12(14)15-4/h1,5-9H,2-4H3. The molecule has 0 unspecified atom stereocenters. The van der Waals surface area contributed by atoms with Crippen LogP contribution in [-0.4, -0.2) is 13.1 Å². The lowest BCUT2D eigenvalue weighted by Gasteiger charge is -2.24. The van der Waals surface area contributed by atoms with Crippen LogP contribution in [0, 0.1) is 12.0 Å². The Morgan fingerprint density at radius 1 is 1.27 bits per heavy atom. The maximum absolute atomic E-state index is 11.5. The first-order chi connectivity index (χ1) is 7.00. The van der Waals surface area contributed by atoms with Gasteiger partial charge in [-0.05, 0) is 25.0 Å². The summed E-state index contributed by atoms with van der Waals surface area (Å²) in [4.78, 5) is 11.5. The minimum absolute atomic E-state index is 0.330. The topological polar surface area (TPSA) is 26.3 Å². The van der Waals surface area contributed by atoms with Gasteiger partial charge < -0.3 is 4.74 Å². The summed E-state index contributed by atoms with van der Waals surface area (Å²) in [5, 5.41) is 0. The third-order valence-electron chi connectivity index (χ3n) is 2.45. The predicted octanol–water partition coefficient (Wildman–Crippen LogP) is 2.70. The molecular formula is C13H15O2. The van der Waals surface area contributed by atoms with Crippen molar-refractivity contribution >= 4 is 11.5 Å². The molecule has 1 aromatic rings. The Hall–Kier alpha value is -1.57. The van der Waals surface area contributed by atoms with Gasteiger partial charge in [-0.25, -0.2) is 0 Å². The highest BCUT2D eigenvalue weighted by molar-refractivity contribution is 5.91. The van der Waals surface area contributed by atoms with Crippen LogP contribution in [0.15, 0.2) is 30.3 Å². The van der Waals surface area contributed by atoms with Crippen molar-refractivity contribution in [2.75, 3.05) is 7.11 Å². The summed E-state index contributed by atoms with van der Waals surface area (Å²) >= 11 is 0. The zero-order valence-electron chi connectivity index (χ0n) is 9.28. The molecule has 15 heavy (non-hydrogen) atoms. The lowest BCUT2D eigenvalue weighted by Crippen LogP contribution is -2.26. The summed E-state index contributed by atoms with van der Waals surface area (Å²) in [7, 11) is 1.36. The molecule has 0 saturated heterocycles. The average Bonchev–Trinajstić information content (AvgIpc) is 2.28. The summed E-state index contributed by atoms with van der Waals surface area (Å²) in [6.07, 6.45) is 0. The molecule has 0 fully saturated rings. The fourth-order valence-electron chi connectivity index (χ4n) is 1.34. The highest BCUT2D eigenvalue weighted by atomic mass is 16.5. The van der Waals surface area contributed by atoms with E-state index in [0.717, 1.165) is 5.56 Å². The number of carbonyl (C=O) groups is 1. The minimum atomic E-state index is -0.796. The third-order valence-corrected chi connectivity index (χ3v) is 2.45. The van der Waals surface area contributed by atoms with E-state index in [4.69, 9.17) is 11.3 Å². The molecule has 0 heterocycles. The van der Waals surface area contributed by atoms with E-state index in [1.54, 1.807) is 13.8 Å². The van der Waals surface area contributed by atoms with E-state index in [2.05, 4.69) is 0 Å². The van der Waals surface area contributed by atoms with Crippen LogP contribution < -0.4 is 0 Å². The Kier molecular flexibility index (Phi) is 3.30. The number of hydrogen-bond donors (Lipinski definition) is 0. The molecule has 2 heteroatoms. The molecule has 0 atom stereocenters. The number of rotatable bonds is 3. The van der Waals surface area contributed by atoms with Crippen molar-refractivity contribution in [2.24, 2.45) is 5.41 Å². The molecule has 0 amide bonds. The van der Waals surface area contributed by atoms with Crippen molar-refractivity contribution < 1.29 is 9.53 Å². The molecule has 0 aliphatic heterocycles. The monoisotopic (exact) mass is 203 g/mol. The first kappa shape index (κ1) is 11.5. The molecule has 0 aromatic heterocycles. The molecule has 0 spiro atoms. The highest BCUT2D eigenvalue weighted by Gasteiger charge is 2.32. The van der Waals surface area contributed by atoms with E-state index in [-0.39, 0.29) is 5.97 Å². The molecule has 2 nitrogen and oxygen atoms in total. The van der Waals surface area contributed by atoms with Gasteiger partial charge in [-0.15, -0.1) is 0 Å². The highest BCUT2D eigenvalue weighted by Crippen LogP contribution is 2.33. The van der Waals surface area contributed by atoms with Gasteiger partial charge in [-0.2, -0.15) is 0 Å². The van der Waals surface area contributed by atoms with Crippen molar-refractivity contribution in [2.45, 2.75) is 13.8 Å². The van der Waals surface area contributed by atoms with Crippen molar-refractivity contribution in [3.05, 3.63) is 42.5 Å². The Morgan fingerprint density at radius 3 is 2.27 bits per heavy atom. The van der Waals surface area contributed by atoms with E-state index in [0.29, 0.717) is 5.57 Å². The quantitative estimate of drug-likeness (QED) is 0.706. The van der Waals surface area contributed by atoms with Crippen LogP contribution in [0.5, 0.6) is 0 Å². The summed E-state index contributed by atoms with van der Waals surface area (Å²) in [6.45, 7) is 9.47. The van der Waals surface area contributed by atoms with Crippen molar-refractivity contribution in [3.63, 3.8) is 0 Å². The van der Waals surface area contributed by atoms with Gasteiger partial charge in [-0.1, -0.05) is 36.9 Å². The van der Waals surface area contributed by atoms with Gasteiger partial charge in [-0.3, -0.25) is 4.79 Å². The van der Waals surface area contributed by atoms with Crippen LogP contribution in [-0.2, 0) is 9.53 Å². The fraction of sp³-hybridized carbons (Fsp3) is 0.308. The predicted molar refractivity (Wildman–Crippen MR) is 59.9 cm³/mol. The Morgan fingerprint density at radius 2 is 1.80 bits per heavy atom. The summed E-state index contributed by atoms with van der Waals surface area (Å²) < 4.78 is 4.72. The first-order valence-electron chi connectivity index (χ1n) is 4.77. The van der Waals surface area contributed by atoms with E-state index in [1.807, 2.05) is 30.3 Å². The SMILES string of the molecule is [CH]=C(c1ccccc1)C(C)(C)C(=O)OC. The van der Waals surface area contributed by atoms with Gasteiger partial charge >= 0.3 is 5.97 Å². The van der Waals surface area contributed by atoms with Crippen LogP contribution in [0.3, 0.4) is 0 Å². The zero-order chi connectivity index (χ0) is 11.5. The molecule has 1 radical (unpaired) electrons. The summed E-state index contributed by atoms with van der Waals surface area (Å²) in [5.41, 5.74) is 0.582. The van der Waals surface area contributed by atoms with Crippen molar-refractivity contribution in [1.82, 2.24) is 0 Å². The van der Waals surface area contributed by atoms with E-state index in [9.17, 15) is 4.79 Å². The number of ether oxygens (including phenoxy) is 1. The van der Waals surface area contributed by atoms with Crippen LogP contribution in [0.1, 0.15) is 19.4 Å². The van der Waals surface area contributed by atoms with Gasteiger partial charge in [0, 0.05) is 0 Å². The van der Waals surface area contributed by atoms with Crippen molar-refractivity contribution in [3.8, 4) is 0 Å². The van der Waals surface area contributed by atoms with E-state index in [1.165, 1.54) is 7.11 Å². The second-order valence-electron chi connectivity index (χ2n) is 3.90. The zero-order valence-corrected chi connectivity index (χ0v) is 9.28. The molecule has 1 aromatic carbocycles. The van der Waals surface area contributed by atoms with Crippen LogP contribution in [0.4, 0.5) is 0 Å². The van der Waals surface area contributed by atoms with Gasteiger partial charge in [0.25, 0.3) is 0 Å². The lowest BCUT2D eigenvalue weighted by atomic mass is 9.81. The van der Waals surface area contributed by atoms with Crippen LogP contribution >= 0.6 is 0 Å². The Bertz CT molecular complexity index is 363. The normalized spacial score (nSPS) is 10.9. The molecule has 1 rings (SSSR count). The van der Waals surface area contributed by atoms with Gasteiger partial charge in [0.2, 0.25) is 0 Å². The van der Waals surface area contributed by atoms with E-state index >= 15 is 0 Å². The maximum atomic E-state index is 11.5. The molecule has 0 aliphatic rings. The number of methoxy groups -OCH3 is 1. The largest absolute Gasteiger partial charge is 0.468 e.